The van der Waals surface area contributed by atoms with Crippen molar-refractivity contribution in [2.75, 3.05) is 13.9 Å². The average Bonchev–Trinajstić information content (AvgIpc) is 3.10. The second-order valence-corrected chi connectivity index (χ2v) is 5.84. The van der Waals surface area contributed by atoms with Crippen LogP contribution in [0.3, 0.4) is 0 Å². The highest BCUT2D eigenvalue weighted by atomic mass is 16.7. The van der Waals surface area contributed by atoms with Crippen LogP contribution in [-0.4, -0.2) is 32.1 Å². The fraction of sp³-hybridized carbons (Fsp3) is 0.263. The molecule has 136 valence electrons. The Morgan fingerprint density at radius 2 is 1.96 bits per heavy atom. The van der Waals surface area contributed by atoms with Crippen LogP contribution in [0.2, 0.25) is 0 Å². The predicted octanol–water partition coefficient (Wildman–Crippen LogP) is 2.98. The van der Waals surface area contributed by atoms with Gasteiger partial charge in [0.15, 0.2) is 23.0 Å². The van der Waals surface area contributed by atoms with Crippen LogP contribution >= 0.6 is 0 Å². The topological polar surface area (TPSA) is 78.4 Å². The smallest absolute Gasteiger partial charge is 0.271 e. The van der Waals surface area contributed by atoms with E-state index >= 15 is 0 Å². The third-order valence-corrected chi connectivity index (χ3v) is 3.56. The van der Waals surface area contributed by atoms with Crippen molar-refractivity contribution in [2.45, 2.75) is 20.0 Å². The number of carbonyl (C=O) groups is 1. The fourth-order valence-electron chi connectivity index (χ4n) is 2.38. The fourth-order valence-corrected chi connectivity index (χ4v) is 2.38. The largest absolute Gasteiger partial charge is 0.493 e. The lowest BCUT2D eigenvalue weighted by Gasteiger charge is -2.13. The molecule has 0 fully saturated rings. The molecule has 3 rings (SSSR count). The molecule has 26 heavy (non-hydrogen) atoms. The minimum Gasteiger partial charge on any atom is -0.493 e. The van der Waals surface area contributed by atoms with Gasteiger partial charge in [0.2, 0.25) is 6.79 Å². The van der Waals surface area contributed by atoms with E-state index in [1.807, 2.05) is 19.9 Å². The molecule has 0 bridgehead atoms. The summed E-state index contributed by atoms with van der Waals surface area (Å²) in [6.07, 6.45) is 1.58. The van der Waals surface area contributed by atoms with Gasteiger partial charge in [0, 0.05) is 5.56 Å². The number of ether oxygens (including phenoxy) is 4. The van der Waals surface area contributed by atoms with Crippen LogP contribution in [0.25, 0.3) is 0 Å². The maximum absolute atomic E-state index is 12.2. The normalized spacial score (nSPS) is 12.5. The number of carbonyl (C=O) groups excluding carboxylic acids is 1. The van der Waals surface area contributed by atoms with Gasteiger partial charge in [-0.3, -0.25) is 4.79 Å². The van der Waals surface area contributed by atoms with Crippen LogP contribution in [0.15, 0.2) is 41.5 Å². The first kappa shape index (κ1) is 17.6. The molecule has 2 aromatic carbocycles. The molecule has 0 aliphatic carbocycles. The zero-order valence-electron chi connectivity index (χ0n) is 14.8. The van der Waals surface area contributed by atoms with Gasteiger partial charge in [-0.25, -0.2) is 5.43 Å². The maximum atomic E-state index is 12.2. The Kier molecular flexibility index (Phi) is 5.26. The molecular weight excluding hydrogens is 336 g/mol. The number of amides is 1. The molecule has 0 radical (unpaired) electrons. The molecule has 1 heterocycles. The van der Waals surface area contributed by atoms with E-state index in [1.165, 1.54) is 6.21 Å². The highest BCUT2D eigenvalue weighted by Crippen LogP contribution is 2.32. The SMILES string of the molecule is COc1cc(/C=N\NC(=O)c2ccc3c(c2)OCO3)ccc1OC(C)C. The first-order valence-electron chi connectivity index (χ1n) is 8.14. The molecule has 1 aliphatic rings. The summed E-state index contributed by atoms with van der Waals surface area (Å²) in [5, 5.41) is 3.98. The summed E-state index contributed by atoms with van der Waals surface area (Å²) in [6, 6.07) is 10.4. The van der Waals surface area contributed by atoms with Gasteiger partial charge in [0.1, 0.15) is 0 Å². The minimum absolute atomic E-state index is 0.0457. The predicted molar refractivity (Wildman–Crippen MR) is 96.4 cm³/mol. The Labute approximate surface area is 151 Å². The van der Waals surface area contributed by atoms with Crippen LogP contribution in [0.4, 0.5) is 0 Å². The molecule has 0 atom stereocenters. The van der Waals surface area contributed by atoms with E-state index in [9.17, 15) is 4.79 Å². The number of hydrogen-bond donors (Lipinski definition) is 1. The summed E-state index contributed by atoms with van der Waals surface area (Å²) in [6.45, 7) is 4.05. The Morgan fingerprint density at radius 3 is 2.73 bits per heavy atom. The molecule has 0 spiro atoms. The number of benzene rings is 2. The summed E-state index contributed by atoms with van der Waals surface area (Å²) in [7, 11) is 1.57. The highest BCUT2D eigenvalue weighted by Gasteiger charge is 2.15. The van der Waals surface area contributed by atoms with E-state index in [2.05, 4.69) is 10.5 Å². The van der Waals surface area contributed by atoms with Gasteiger partial charge in [-0.15, -0.1) is 0 Å². The monoisotopic (exact) mass is 356 g/mol. The molecule has 0 aromatic heterocycles. The van der Waals surface area contributed by atoms with Crippen molar-refractivity contribution in [1.29, 1.82) is 0 Å². The maximum Gasteiger partial charge on any atom is 0.271 e. The molecule has 7 nitrogen and oxygen atoms in total. The molecule has 0 saturated carbocycles. The van der Waals surface area contributed by atoms with E-state index in [4.69, 9.17) is 18.9 Å². The number of nitrogens with zero attached hydrogens (tertiary/aromatic N) is 1. The summed E-state index contributed by atoms with van der Waals surface area (Å²) < 4.78 is 21.5. The van der Waals surface area contributed by atoms with Gasteiger partial charge in [0.05, 0.1) is 19.4 Å². The Bertz CT molecular complexity index is 833. The van der Waals surface area contributed by atoms with Gasteiger partial charge < -0.3 is 18.9 Å². The zero-order valence-corrected chi connectivity index (χ0v) is 14.8. The van der Waals surface area contributed by atoms with Gasteiger partial charge >= 0.3 is 0 Å². The van der Waals surface area contributed by atoms with E-state index in [0.717, 1.165) is 5.56 Å². The molecule has 2 aromatic rings. The summed E-state index contributed by atoms with van der Waals surface area (Å²) in [4.78, 5) is 12.2. The van der Waals surface area contributed by atoms with E-state index < -0.39 is 0 Å². The van der Waals surface area contributed by atoms with Crippen LogP contribution in [0.1, 0.15) is 29.8 Å². The van der Waals surface area contributed by atoms with Gasteiger partial charge in [-0.2, -0.15) is 5.10 Å². The lowest BCUT2D eigenvalue weighted by molar-refractivity contribution is 0.0954. The number of fused-ring (bicyclic) bond motifs is 1. The van der Waals surface area contributed by atoms with E-state index in [-0.39, 0.29) is 18.8 Å². The molecule has 1 N–H and O–H groups in total. The number of nitrogens with one attached hydrogen (secondary N) is 1. The highest BCUT2D eigenvalue weighted by molar-refractivity contribution is 5.95. The number of rotatable bonds is 6. The lowest BCUT2D eigenvalue weighted by atomic mass is 10.2. The third kappa shape index (κ3) is 4.05. The Hall–Kier alpha value is -3.22. The number of methoxy groups -OCH3 is 1. The van der Waals surface area contributed by atoms with Crippen molar-refractivity contribution in [3.8, 4) is 23.0 Å². The van der Waals surface area contributed by atoms with Crippen LogP contribution < -0.4 is 24.4 Å². The van der Waals surface area contributed by atoms with Crippen LogP contribution in [0.5, 0.6) is 23.0 Å². The standard InChI is InChI=1S/C19H20N2O5/c1-12(2)26-16-6-4-13(8-17(16)23-3)10-20-21-19(22)14-5-7-15-18(9-14)25-11-24-15/h4-10,12H,11H2,1-3H3,(H,21,22)/b20-10-. The van der Waals surface area contributed by atoms with Crippen molar-refractivity contribution >= 4 is 12.1 Å². The van der Waals surface area contributed by atoms with Crippen LogP contribution in [0, 0.1) is 0 Å². The first-order chi connectivity index (χ1) is 12.6. The van der Waals surface area contributed by atoms with Crippen molar-refractivity contribution in [3.63, 3.8) is 0 Å². The number of hydrazone groups is 1. The van der Waals surface area contributed by atoms with Crippen molar-refractivity contribution < 1.29 is 23.7 Å². The molecular formula is C19H20N2O5. The van der Waals surface area contributed by atoms with Gasteiger partial charge in [0.25, 0.3) is 5.91 Å². The van der Waals surface area contributed by atoms with Crippen molar-refractivity contribution in [1.82, 2.24) is 5.43 Å². The number of hydrogen-bond acceptors (Lipinski definition) is 6. The zero-order chi connectivity index (χ0) is 18.5. The molecule has 1 aliphatic heterocycles. The minimum atomic E-state index is -0.341. The summed E-state index contributed by atoms with van der Waals surface area (Å²) in [5.41, 5.74) is 3.69. The third-order valence-electron chi connectivity index (χ3n) is 3.56. The quantitative estimate of drug-likeness (QED) is 0.636. The van der Waals surface area contributed by atoms with Gasteiger partial charge in [-0.1, -0.05) is 0 Å². The molecule has 1 amide bonds. The second-order valence-electron chi connectivity index (χ2n) is 5.84. The first-order valence-corrected chi connectivity index (χ1v) is 8.14. The van der Waals surface area contributed by atoms with Crippen molar-refractivity contribution in [3.05, 3.63) is 47.5 Å². The van der Waals surface area contributed by atoms with Crippen molar-refractivity contribution in [2.24, 2.45) is 5.10 Å². The second kappa shape index (κ2) is 7.77. The van der Waals surface area contributed by atoms with E-state index in [0.29, 0.717) is 28.6 Å². The Morgan fingerprint density at radius 1 is 1.15 bits per heavy atom. The summed E-state index contributed by atoms with van der Waals surface area (Å²) in [5.74, 6) is 2.09. The van der Waals surface area contributed by atoms with Gasteiger partial charge in [-0.05, 0) is 55.8 Å². The average molecular weight is 356 g/mol. The Balaban J connectivity index is 1.65. The van der Waals surface area contributed by atoms with E-state index in [1.54, 1.807) is 37.4 Å². The molecule has 0 unspecified atom stereocenters. The molecule has 0 saturated heterocycles. The van der Waals surface area contributed by atoms with Crippen LogP contribution in [-0.2, 0) is 0 Å². The summed E-state index contributed by atoms with van der Waals surface area (Å²) >= 11 is 0. The molecule has 7 heteroatoms. The lowest BCUT2D eigenvalue weighted by Crippen LogP contribution is -2.17.